The summed E-state index contributed by atoms with van der Waals surface area (Å²) in [6, 6.07) is 0. The molecule has 7 heteroatoms. The number of rotatable bonds is 5. The summed E-state index contributed by atoms with van der Waals surface area (Å²) in [5.74, 6) is 0.884. The van der Waals surface area contributed by atoms with Crippen LogP contribution in [0.4, 0.5) is 0 Å². The molecule has 3 rings (SSSR count). The van der Waals surface area contributed by atoms with E-state index in [4.69, 9.17) is 10.5 Å². The first-order valence-electron chi connectivity index (χ1n) is 9.80. The fourth-order valence-corrected chi connectivity index (χ4v) is 4.73. The Hall–Kier alpha value is -0.0700. The van der Waals surface area contributed by atoms with Crippen LogP contribution in [0.15, 0.2) is 0 Å². The number of carbonyl (C=O) groups excluding carboxylic acids is 1. The van der Waals surface area contributed by atoms with Crippen LogP contribution in [0.5, 0.6) is 0 Å². The van der Waals surface area contributed by atoms with Crippen LogP contribution in [0, 0.1) is 11.3 Å². The van der Waals surface area contributed by atoms with Gasteiger partial charge in [-0.25, -0.2) is 0 Å². The van der Waals surface area contributed by atoms with Gasteiger partial charge in [-0.1, -0.05) is 13.8 Å². The van der Waals surface area contributed by atoms with Crippen molar-refractivity contribution in [3.8, 4) is 0 Å². The molecule has 2 unspecified atom stereocenters. The molecule has 1 amide bonds. The van der Waals surface area contributed by atoms with E-state index in [0.717, 1.165) is 31.8 Å². The van der Waals surface area contributed by atoms with E-state index < -0.39 is 5.54 Å². The number of likely N-dealkylation sites (tertiary alicyclic amines) is 2. The minimum atomic E-state index is -0.755. The maximum atomic E-state index is 13.1. The summed E-state index contributed by atoms with van der Waals surface area (Å²) in [6.07, 6.45) is 5.69. The number of nitrogens with zero attached hydrogens (tertiary/aromatic N) is 2. The number of halogens is 2. The lowest BCUT2D eigenvalue weighted by molar-refractivity contribution is -0.180. The highest BCUT2D eigenvalue weighted by atomic mass is 35.5. The zero-order valence-electron chi connectivity index (χ0n) is 16.5. The summed E-state index contributed by atoms with van der Waals surface area (Å²) in [5, 5.41) is 0. The van der Waals surface area contributed by atoms with E-state index in [1.165, 1.54) is 32.5 Å². The van der Waals surface area contributed by atoms with E-state index in [0.29, 0.717) is 13.0 Å². The fraction of sp³-hybridized carbons (Fsp3) is 0.947. The highest BCUT2D eigenvalue weighted by Gasteiger charge is 2.63. The molecule has 1 aliphatic carbocycles. The first kappa shape index (κ1) is 24.0. The third kappa shape index (κ3) is 4.33. The van der Waals surface area contributed by atoms with Crippen molar-refractivity contribution >= 4 is 30.7 Å². The SMILES string of the molecule is CCOC1CC(N)(C(=O)N2CCC(CN3CCCC3)CC2)C1(C)C.Cl.Cl. The van der Waals surface area contributed by atoms with Gasteiger partial charge >= 0.3 is 0 Å². The lowest BCUT2D eigenvalue weighted by atomic mass is 9.54. The van der Waals surface area contributed by atoms with Gasteiger partial charge < -0.3 is 20.3 Å². The van der Waals surface area contributed by atoms with E-state index in [9.17, 15) is 4.79 Å². The smallest absolute Gasteiger partial charge is 0.243 e. The highest BCUT2D eigenvalue weighted by Crippen LogP contribution is 2.50. The van der Waals surface area contributed by atoms with Crippen LogP contribution in [0.3, 0.4) is 0 Å². The number of carbonyl (C=O) groups is 1. The molecule has 1 saturated carbocycles. The number of piperidine rings is 1. The summed E-state index contributed by atoms with van der Waals surface area (Å²) < 4.78 is 5.76. The van der Waals surface area contributed by atoms with Gasteiger partial charge in [0.05, 0.1) is 6.10 Å². The number of nitrogens with two attached hydrogens (primary N) is 1. The topological polar surface area (TPSA) is 58.8 Å². The second-order valence-electron chi connectivity index (χ2n) is 8.58. The third-order valence-electron chi connectivity index (χ3n) is 6.83. The molecule has 3 aliphatic rings. The zero-order chi connectivity index (χ0) is 17.4. The quantitative estimate of drug-likeness (QED) is 0.757. The molecule has 2 N–H and O–H groups in total. The molecule has 26 heavy (non-hydrogen) atoms. The molecule has 2 heterocycles. The van der Waals surface area contributed by atoms with Gasteiger partial charge in [-0.15, -0.1) is 24.8 Å². The zero-order valence-corrected chi connectivity index (χ0v) is 18.2. The molecule has 2 atom stereocenters. The Morgan fingerprint density at radius 1 is 1.12 bits per heavy atom. The standard InChI is InChI=1S/C19H35N3O2.2ClH/c1-4-24-16-13-19(20,18(16,2)3)17(23)22-11-7-15(8-12-22)14-21-9-5-6-10-21;;/h15-16H,4-14,20H2,1-3H3;2*1H. The number of hydrogen-bond acceptors (Lipinski definition) is 4. The van der Waals surface area contributed by atoms with E-state index in [2.05, 4.69) is 18.7 Å². The fourth-order valence-electron chi connectivity index (χ4n) is 4.73. The molecular weight excluding hydrogens is 373 g/mol. The van der Waals surface area contributed by atoms with E-state index in [1.54, 1.807) is 0 Å². The molecule has 154 valence electrons. The van der Waals surface area contributed by atoms with Gasteiger partial charge in [0, 0.05) is 38.1 Å². The lowest BCUT2D eigenvalue weighted by Crippen LogP contribution is -2.76. The van der Waals surface area contributed by atoms with Crippen molar-refractivity contribution in [2.45, 2.75) is 64.5 Å². The van der Waals surface area contributed by atoms with Crippen LogP contribution in [0.25, 0.3) is 0 Å². The second kappa shape index (κ2) is 9.42. The second-order valence-corrected chi connectivity index (χ2v) is 8.58. The molecule has 5 nitrogen and oxygen atoms in total. The van der Waals surface area contributed by atoms with Crippen molar-refractivity contribution < 1.29 is 9.53 Å². The van der Waals surface area contributed by atoms with Crippen LogP contribution in [0.1, 0.15) is 52.9 Å². The Bertz CT molecular complexity index is 464. The van der Waals surface area contributed by atoms with E-state index in [1.807, 2.05) is 11.8 Å². The number of ether oxygens (including phenoxy) is 1. The summed E-state index contributed by atoms with van der Waals surface area (Å²) in [4.78, 5) is 17.7. The van der Waals surface area contributed by atoms with Crippen molar-refractivity contribution in [3.63, 3.8) is 0 Å². The van der Waals surface area contributed by atoms with Crippen molar-refractivity contribution in [2.24, 2.45) is 17.1 Å². The Morgan fingerprint density at radius 2 is 1.69 bits per heavy atom. The Labute approximate surface area is 171 Å². The molecule has 0 bridgehead atoms. The van der Waals surface area contributed by atoms with Gasteiger partial charge in [-0.2, -0.15) is 0 Å². The largest absolute Gasteiger partial charge is 0.378 e. The lowest BCUT2D eigenvalue weighted by Gasteiger charge is -2.59. The van der Waals surface area contributed by atoms with Crippen molar-refractivity contribution in [1.82, 2.24) is 9.80 Å². The first-order chi connectivity index (χ1) is 11.4. The van der Waals surface area contributed by atoms with E-state index in [-0.39, 0.29) is 42.2 Å². The maximum Gasteiger partial charge on any atom is 0.243 e. The average Bonchev–Trinajstić information content (AvgIpc) is 3.07. The Balaban J connectivity index is 0.00000169. The first-order valence-corrected chi connectivity index (χ1v) is 9.80. The van der Waals surface area contributed by atoms with Gasteiger partial charge in [-0.05, 0) is 51.6 Å². The predicted molar refractivity (Wildman–Crippen MR) is 110 cm³/mol. The van der Waals surface area contributed by atoms with Gasteiger partial charge in [0.15, 0.2) is 0 Å². The average molecular weight is 410 g/mol. The van der Waals surface area contributed by atoms with Gasteiger partial charge in [0.2, 0.25) is 5.91 Å². The number of amides is 1. The van der Waals surface area contributed by atoms with Crippen LogP contribution in [0.2, 0.25) is 0 Å². The van der Waals surface area contributed by atoms with E-state index >= 15 is 0 Å². The minimum absolute atomic E-state index is 0. The van der Waals surface area contributed by atoms with Crippen molar-refractivity contribution in [3.05, 3.63) is 0 Å². The Morgan fingerprint density at radius 3 is 2.19 bits per heavy atom. The predicted octanol–water partition coefficient (Wildman–Crippen LogP) is 2.70. The summed E-state index contributed by atoms with van der Waals surface area (Å²) in [5.41, 5.74) is 5.52. The maximum absolute atomic E-state index is 13.1. The van der Waals surface area contributed by atoms with Gasteiger partial charge in [0.25, 0.3) is 0 Å². The molecule has 0 aromatic carbocycles. The molecule has 0 aromatic rings. The van der Waals surface area contributed by atoms with Gasteiger partial charge in [0.1, 0.15) is 5.54 Å². The molecule has 0 spiro atoms. The molecular formula is C19H37Cl2N3O2. The molecule has 2 saturated heterocycles. The Kier molecular flexibility index (Phi) is 8.68. The molecule has 0 radical (unpaired) electrons. The van der Waals surface area contributed by atoms with Crippen molar-refractivity contribution in [2.75, 3.05) is 39.3 Å². The van der Waals surface area contributed by atoms with Crippen molar-refractivity contribution in [1.29, 1.82) is 0 Å². The van der Waals surface area contributed by atoms with Crippen LogP contribution in [-0.4, -0.2) is 66.7 Å². The number of hydrogen-bond donors (Lipinski definition) is 1. The summed E-state index contributed by atoms with van der Waals surface area (Å²) >= 11 is 0. The third-order valence-corrected chi connectivity index (χ3v) is 6.83. The molecule has 0 aromatic heterocycles. The highest BCUT2D eigenvalue weighted by molar-refractivity contribution is 5.89. The monoisotopic (exact) mass is 409 g/mol. The summed E-state index contributed by atoms with van der Waals surface area (Å²) in [7, 11) is 0. The summed E-state index contributed by atoms with van der Waals surface area (Å²) in [6.45, 7) is 12.3. The molecule has 3 fully saturated rings. The van der Waals surface area contributed by atoms with Gasteiger partial charge in [-0.3, -0.25) is 4.79 Å². The minimum Gasteiger partial charge on any atom is -0.378 e. The molecule has 2 aliphatic heterocycles. The normalized spacial score (nSPS) is 31.7. The van der Waals surface area contributed by atoms with Crippen LogP contribution in [-0.2, 0) is 9.53 Å². The van der Waals surface area contributed by atoms with Crippen LogP contribution >= 0.6 is 24.8 Å². The van der Waals surface area contributed by atoms with Crippen LogP contribution < -0.4 is 5.73 Å².